The normalized spacial score (nSPS) is 15.6. The molecular formula is C11H19F3N2O. The first kappa shape index (κ1) is 15.8. The minimum atomic E-state index is -4.20. The minimum absolute atomic E-state index is 0.0131. The topological polar surface area (TPSA) is 32.3 Å². The Balaban J connectivity index is 4.25. The number of nitrogens with zero attached hydrogens (tertiary/aromatic N) is 1. The number of nitrogens with one attached hydrogen (secondary N) is 1. The molecule has 0 spiro atoms. The van der Waals surface area contributed by atoms with E-state index in [0.29, 0.717) is 6.41 Å². The number of rotatable bonds is 7. The van der Waals surface area contributed by atoms with Crippen LogP contribution in [-0.2, 0) is 4.79 Å². The van der Waals surface area contributed by atoms with Gasteiger partial charge in [0.05, 0.1) is 0 Å². The van der Waals surface area contributed by atoms with E-state index < -0.39 is 12.7 Å². The first-order valence-corrected chi connectivity index (χ1v) is 5.45. The molecule has 1 N–H and O–H groups in total. The third-order valence-electron chi connectivity index (χ3n) is 2.43. The monoisotopic (exact) mass is 252 g/mol. The molecule has 1 amide bonds. The van der Waals surface area contributed by atoms with Crippen LogP contribution in [0.25, 0.3) is 0 Å². The van der Waals surface area contributed by atoms with Crippen molar-refractivity contribution in [1.82, 2.24) is 10.2 Å². The summed E-state index contributed by atoms with van der Waals surface area (Å²) in [7, 11) is 1.37. The molecule has 2 unspecified atom stereocenters. The summed E-state index contributed by atoms with van der Waals surface area (Å²) in [5.74, 6) is -0.0131. The molecule has 3 nitrogen and oxygen atoms in total. The van der Waals surface area contributed by atoms with Crippen molar-refractivity contribution in [3.05, 3.63) is 12.3 Å². The Morgan fingerprint density at radius 1 is 1.41 bits per heavy atom. The number of carbonyl (C=O) groups is 1. The molecular weight excluding hydrogens is 233 g/mol. The molecule has 0 rings (SSSR count). The van der Waals surface area contributed by atoms with Crippen LogP contribution in [0.1, 0.15) is 20.3 Å². The molecule has 0 aromatic carbocycles. The molecule has 0 fully saturated rings. The largest absolute Gasteiger partial charge is 0.405 e. The molecule has 2 atom stereocenters. The van der Waals surface area contributed by atoms with Crippen molar-refractivity contribution in [2.75, 3.05) is 13.6 Å². The van der Waals surface area contributed by atoms with Gasteiger partial charge in [0.1, 0.15) is 6.54 Å². The lowest BCUT2D eigenvalue weighted by Crippen LogP contribution is -2.33. The van der Waals surface area contributed by atoms with E-state index in [1.54, 1.807) is 6.08 Å². The zero-order valence-electron chi connectivity index (χ0n) is 10.3. The molecule has 0 aromatic heterocycles. The molecule has 0 saturated heterocycles. The summed E-state index contributed by atoms with van der Waals surface area (Å²) in [6, 6.07) is -0.0527. The van der Waals surface area contributed by atoms with Gasteiger partial charge in [-0.05, 0) is 18.5 Å². The number of alkyl halides is 3. The Morgan fingerprint density at radius 2 is 2.00 bits per heavy atom. The number of hydrogen-bond acceptors (Lipinski definition) is 2. The van der Waals surface area contributed by atoms with E-state index in [0.717, 1.165) is 11.3 Å². The maximum absolute atomic E-state index is 12.0. The Labute approximate surface area is 99.7 Å². The van der Waals surface area contributed by atoms with Crippen molar-refractivity contribution in [3.8, 4) is 0 Å². The van der Waals surface area contributed by atoms with Gasteiger partial charge in [0.25, 0.3) is 0 Å². The summed E-state index contributed by atoms with van der Waals surface area (Å²) in [4.78, 5) is 11.4. The average Bonchev–Trinajstić information content (AvgIpc) is 2.20. The SMILES string of the molecule is CCC(NC=O)C(C)/C=C\N(C)CC(F)(F)F. The second kappa shape index (κ2) is 7.19. The number of halogens is 3. The molecule has 0 saturated carbocycles. The highest BCUT2D eigenvalue weighted by Crippen LogP contribution is 2.16. The number of carbonyl (C=O) groups excluding carboxylic acids is 1. The average molecular weight is 252 g/mol. The molecule has 0 aliphatic carbocycles. The lowest BCUT2D eigenvalue weighted by Gasteiger charge is -2.21. The van der Waals surface area contributed by atoms with Crippen LogP contribution < -0.4 is 5.32 Å². The van der Waals surface area contributed by atoms with Gasteiger partial charge in [0, 0.05) is 13.1 Å². The molecule has 0 aromatic rings. The quantitative estimate of drug-likeness (QED) is 0.704. The number of hydrogen-bond donors (Lipinski definition) is 1. The van der Waals surface area contributed by atoms with Crippen molar-refractivity contribution in [2.24, 2.45) is 5.92 Å². The van der Waals surface area contributed by atoms with Crippen molar-refractivity contribution in [1.29, 1.82) is 0 Å². The fraction of sp³-hybridized carbons (Fsp3) is 0.727. The van der Waals surface area contributed by atoms with Gasteiger partial charge in [-0.15, -0.1) is 0 Å². The van der Waals surface area contributed by atoms with E-state index in [1.165, 1.54) is 13.2 Å². The lowest BCUT2D eigenvalue weighted by atomic mass is 10.00. The second-order valence-corrected chi connectivity index (χ2v) is 4.03. The standard InChI is InChI=1S/C11H19F3N2O/c1-4-10(15-8-17)9(2)5-6-16(3)7-11(12,13)14/h5-6,8-10H,4,7H2,1-3H3,(H,15,17)/b6-5-. The van der Waals surface area contributed by atoms with Gasteiger partial charge in [-0.1, -0.05) is 19.9 Å². The van der Waals surface area contributed by atoms with Crippen LogP contribution in [0.4, 0.5) is 13.2 Å². The van der Waals surface area contributed by atoms with Crippen LogP contribution in [0.5, 0.6) is 0 Å². The summed E-state index contributed by atoms with van der Waals surface area (Å²) >= 11 is 0. The third-order valence-corrected chi connectivity index (χ3v) is 2.43. The maximum Gasteiger partial charge on any atom is 0.405 e. The number of amides is 1. The highest BCUT2D eigenvalue weighted by molar-refractivity contribution is 5.46. The molecule has 6 heteroatoms. The highest BCUT2D eigenvalue weighted by Gasteiger charge is 2.28. The van der Waals surface area contributed by atoms with E-state index in [-0.39, 0.29) is 12.0 Å². The van der Waals surface area contributed by atoms with E-state index in [1.807, 2.05) is 13.8 Å². The summed E-state index contributed by atoms with van der Waals surface area (Å²) in [5, 5.41) is 2.63. The highest BCUT2D eigenvalue weighted by atomic mass is 19.4. The molecule has 100 valence electrons. The summed E-state index contributed by atoms with van der Waals surface area (Å²) < 4.78 is 36.1. The van der Waals surface area contributed by atoms with Gasteiger partial charge in [0.2, 0.25) is 6.41 Å². The van der Waals surface area contributed by atoms with E-state index in [9.17, 15) is 18.0 Å². The maximum atomic E-state index is 12.0. The van der Waals surface area contributed by atoms with Crippen LogP contribution in [0.15, 0.2) is 12.3 Å². The fourth-order valence-corrected chi connectivity index (χ4v) is 1.48. The zero-order valence-corrected chi connectivity index (χ0v) is 10.3. The predicted octanol–water partition coefficient (Wildman–Crippen LogP) is 2.15. The van der Waals surface area contributed by atoms with E-state index in [4.69, 9.17) is 0 Å². The summed E-state index contributed by atoms with van der Waals surface area (Å²) in [6.45, 7) is 2.78. The van der Waals surface area contributed by atoms with Gasteiger partial charge in [-0.3, -0.25) is 4.79 Å². The lowest BCUT2D eigenvalue weighted by molar-refractivity contribution is -0.138. The summed E-state index contributed by atoms with van der Waals surface area (Å²) in [6.07, 6.45) is 0.197. The van der Waals surface area contributed by atoms with Gasteiger partial charge in [-0.2, -0.15) is 13.2 Å². The second-order valence-electron chi connectivity index (χ2n) is 4.03. The first-order valence-electron chi connectivity index (χ1n) is 5.45. The van der Waals surface area contributed by atoms with E-state index in [2.05, 4.69) is 5.32 Å². The molecule has 0 radical (unpaired) electrons. The minimum Gasteiger partial charge on any atom is -0.372 e. The van der Waals surface area contributed by atoms with Gasteiger partial charge < -0.3 is 10.2 Å². The Morgan fingerprint density at radius 3 is 2.41 bits per heavy atom. The Hall–Kier alpha value is -1.20. The Bertz CT molecular complexity index is 254. The molecule has 0 heterocycles. The van der Waals surface area contributed by atoms with E-state index >= 15 is 0 Å². The van der Waals surface area contributed by atoms with Gasteiger partial charge in [0.15, 0.2) is 0 Å². The van der Waals surface area contributed by atoms with Crippen LogP contribution in [0.2, 0.25) is 0 Å². The Kier molecular flexibility index (Phi) is 6.68. The van der Waals surface area contributed by atoms with Gasteiger partial charge in [-0.25, -0.2) is 0 Å². The van der Waals surface area contributed by atoms with Crippen LogP contribution >= 0.6 is 0 Å². The van der Waals surface area contributed by atoms with Crippen LogP contribution in [-0.4, -0.2) is 37.1 Å². The zero-order chi connectivity index (χ0) is 13.5. The van der Waals surface area contributed by atoms with Crippen molar-refractivity contribution in [3.63, 3.8) is 0 Å². The van der Waals surface area contributed by atoms with Crippen molar-refractivity contribution >= 4 is 6.41 Å². The smallest absolute Gasteiger partial charge is 0.372 e. The first-order chi connectivity index (χ1) is 7.80. The molecule has 0 aliphatic heterocycles. The van der Waals surface area contributed by atoms with Crippen molar-refractivity contribution in [2.45, 2.75) is 32.5 Å². The molecule has 0 bridgehead atoms. The fourth-order valence-electron chi connectivity index (χ4n) is 1.48. The van der Waals surface area contributed by atoms with Gasteiger partial charge >= 0.3 is 6.18 Å². The van der Waals surface area contributed by atoms with Crippen molar-refractivity contribution < 1.29 is 18.0 Å². The summed E-state index contributed by atoms with van der Waals surface area (Å²) in [5.41, 5.74) is 0. The molecule has 0 aliphatic rings. The third kappa shape index (κ3) is 7.65. The van der Waals surface area contributed by atoms with Crippen LogP contribution in [0.3, 0.4) is 0 Å². The van der Waals surface area contributed by atoms with Crippen LogP contribution in [0, 0.1) is 5.92 Å². The predicted molar refractivity (Wildman–Crippen MR) is 60.3 cm³/mol. The molecule has 17 heavy (non-hydrogen) atoms.